The number of rotatable bonds is 11. The zero-order valence-corrected chi connectivity index (χ0v) is 16.5. The first-order valence-corrected chi connectivity index (χ1v) is 8.44. The van der Waals surface area contributed by atoms with Crippen LogP contribution in [-0.4, -0.2) is 29.4 Å². The van der Waals surface area contributed by atoms with Crippen molar-refractivity contribution in [3.8, 4) is 0 Å². The van der Waals surface area contributed by atoms with Gasteiger partial charge in [-0.05, 0) is 26.7 Å². The predicted molar refractivity (Wildman–Crippen MR) is 72.4 cm³/mol. The Kier molecular flexibility index (Phi) is 15.8. The summed E-state index contributed by atoms with van der Waals surface area (Å²) in [5, 5.41) is 8.32. The number of unbranched alkanes of at least 4 members (excludes halogenated alkanes) is 6. The smallest absolute Gasteiger partial charge is 0.748 e. The molecule has 0 bridgehead atoms. The van der Waals surface area contributed by atoms with Crippen molar-refractivity contribution in [3.63, 3.8) is 0 Å². The van der Waals surface area contributed by atoms with Gasteiger partial charge in [0, 0.05) is 5.25 Å². The van der Waals surface area contributed by atoms with Crippen molar-refractivity contribution in [3.05, 3.63) is 0 Å². The van der Waals surface area contributed by atoms with Crippen molar-refractivity contribution in [2.45, 2.75) is 83.0 Å². The molecule has 0 aromatic heterocycles. The minimum Gasteiger partial charge on any atom is -0.748 e. The Hall–Kier alpha value is 1.51. The minimum absolute atomic E-state index is 0. The van der Waals surface area contributed by atoms with E-state index in [1.165, 1.54) is 13.3 Å². The first kappa shape index (κ1) is 22.8. The molecule has 0 rings (SSSR count). The molecular formula is C13H27KO4S. The summed E-state index contributed by atoms with van der Waals surface area (Å²) in [6.07, 6.45) is 8.61. The van der Waals surface area contributed by atoms with Gasteiger partial charge in [-0.15, -0.1) is 0 Å². The first-order valence-electron chi connectivity index (χ1n) is 6.97. The predicted octanol–water partition coefficient (Wildman–Crippen LogP) is -0.184. The van der Waals surface area contributed by atoms with Crippen molar-refractivity contribution < 1.29 is 69.5 Å². The number of aliphatic hydroxyl groups is 1. The topological polar surface area (TPSA) is 77.4 Å². The second-order valence-electron chi connectivity index (χ2n) is 5.20. The van der Waals surface area contributed by atoms with Crippen LogP contribution in [0.3, 0.4) is 0 Å². The molecule has 0 saturated carbocycles. The number of aliphatic hydroxyl groups excluding tert-OH is 1. The SMILES string of the molecule is CC(O)CCCCCCCCCC(C)S(=O)(=O)[O-].[K+]. The van der Waals surface area contributed by atoms with Crippen LogP contribution in [0.2, 0.25) is 0 Å². The summed E-state index contributed by atoms with van der Waals surface area (Å²) in [7, 11) is -4.09. The van der Waals surface area contributed by atoms with Gasteiger partial charge in [0.1, 0.15) is 0 Å². The molecule has 0 aromatic rings. The second kappa shape index (κ2) is 13.2. The Morgan fingerprint density at radius 2 is 1.26 bits per heavy atom. The third kappa shape index (κ3) is 15.7. The van der Waals surface area contributed by atoms with E-state index >= 15 is 0 Å². The van der Waals surface area contributed by atoms with Gasteiger partial charge in [-0.1, -0.05) is 44.9 Å². The molecule has 0 radical (unpaired) electrons. The molecule has 19 heavy (non-hydrogen) atoms. The normalized spacial score (nSPS) is 14.7. The van der Waals surface area contributed by atoms with E-state index in [4.69, 9.17) is 5.11 Å². The Morgan fingerprint density at radius 1 is 0.895 bits per heavy atom. The van der Waals surface area contributed by atoms with Gasteiger partial charge in [-0.3, -0.25) is 0 Å². The van der Waals surface area contributed by atoms with E-state index < -0.39 is 15.4 Å². The molecule has 0 aliphatic rings. The average Bonchev–Trinajstić information content (AvgIpc) is 2.24. The van der Waals surface area contributed by atoms with E-state index in [1.54, 1.807) is 0 Å². The van der Waals surface area contributed by atoms with Crippen LogP contribution in [0.4, 0.5) is 0 Å². The molecule has 2 atom stereocenters. The molecule has 4 nitrogen and oxygen atoms in total. The van der Waals surface area contributed by atoms with Crippen LogP contribution in [0.1, 0.15) is 71.6 Å². The average molecular weight is 319 g/mol. The van der Waals surface area contributed by atoms with Gasteiger partial charge in [0.25, 0.3) is 0 Å². The summed E-state index contributed by atoms with van der Waals surface area (Å²) in [4.78, 5) is 0. The van der Waals surface area contributed by atoms with Gasteiger partial charge < -0.3 is 9.66 Å². The maximum Gasteiger partial charge on any atom is 1.00 e. The fourth-order valence-corrected chi connectivity index (χ4v) is 2.36. The Labute approximate surface area is 160 Å². The van der Waals surface area contributed by atoms with E-state index in [2.05, 4.69) is 0 Å². The summed E-state index contributed by atoms with van der Waals surface area (Å²) in [6, 6.07) is 0. The van der Waals surface area contributed by atoms with E-state index in [1.807, 2.05) is 6.92 Å². The maximum absolute atomic E-state index is 10.6. The van der Waals surface area contributed by atoms with Gasteiger partial charge >= 0.3 is 51.4 Å². The van der Waals surface area contributed by atoms with Crippen molar-refractivity contribution in [1.29, 1.82) is 0 Å². The Bertz CT molecular complexity index is 291. The molecule has 0 amide bonds. The van der Waals surface area contributed by atoms with Crippen molar-refractivity contribution in [1.82, 2.24) is 0 Å². The zero-order chi connectivity index (χ0) is 14.0. The molecule has 1 N–H and O–H groups in total. The molecule has 0 aliphatic carbocycles. The Balaban J connectivity index is 0. The summed E-state index contributed by atoms with van der Waals surface area (Å²) in [6.45, 7) is 3.30. The largest absolute Gasteiger partial charge is 1.00 e. The van der Waals surface area contributed by atoms with Gasteiger partial charge in [-0.25, -0.2) is 8.42 Å². The molecule has 2 unspecified atom stereocenters. The maximum atomic E-state index is 10.6. The van der Waals surface area contributed by atoms with Crippen molar-refractivity contribution >= 4 is 10.1 Å². The molecule has 0 aromatic carbocycles. The molecule has 0 heterocycles. The van der Waals surface area contributed by atoms with E-state index in [0.29, 0.717) is 6.42 Å². The third-order valence-electron chi connectivity index (χ3n) is 3.23. The van der Waals surface area contributed by atoms with Crippen LogP contribution in [-0.2, 0) is 10.1 Å². The van der Waals surface area contributed by atoms with Crippen LogP contribution in [0.15, 0.2) is 0 Å². The van der Waals surface area contributed by atoms with Crippen LogP contribution in [0, 0.1) is 0 Å². The van der Waals surface area contributed by atoms with E-state index in [9.17, 15) is 13.0 Å². The molecule has 6 heteroatoms. The van der Waals surface area contributed by atoms with Gasteiger partial charge in [0.05, 0.1) is 16.2 Å². The van der Waals surface area contributed by atoms with Crippen LogP contribution < -0.4 is 51.4 Å². The van der Waals surface area contributed by atoms with Crippen molar-refractivity contribution in [2.24, 2.45) is 0 Å². The molecule has 0 saturated heterocycles. The first-order chi connectivity index (χ1) is 8.34. The second-order valence-corrected chi connectivity index (χ2v) is 6.99. The van der Waals surface area contributed by atoms with Gasteiger partial charge in [-0.2, -0.15) is 0 Å². The van der Waals surface area contributed by atoms with Gasteiger partial charge in [0.15, 0.2) is 0 Å². The molecule has 0 fully saturated rings. The summed E-state index contributed by atoms with van der Waals surface area (Å²) >= 11 is 0. The summed E-state index contributed by atoms with van der Waals surface area (Å²) in [5.74, 6) is 0. The molecule has 0 spiro atoms. The molecular weight excluding hydrogens is 291 g/mol. The third-order valence-corrected chi connectivity index (χ3v) is 4.45. The molecule has 110 valence electrons. The monoisotopic (exact) mass is 318 g/mol. The van der Waals surface area contributed by atoms with Crippen LogP contribution in [0.5, 0.6) is 0 Å². The fraction of sp³-hybridized carbons (Fsp3) is 1.00. The summed E-state index contributed by atoms with van der Waals surface area (Å²) < 4.78 is 31.9. The van der Waals surface area contributed by atoms with Crippen LogP contribution in [0.25, 0.3) is 0 Å². The standard InChI is InChI=1S/C13H28O4S.K/c1-12(14)10-8-6-4-3-5-7-9-11-13(2)18(15,16)17;/h12-14H,3-11H2,1-2H3,(H,15,16,17);/q;+1/p-1. The van der Waals surface area contributed by atoms with Crippen LogP contribution >= 0.6 is 0 Å². The van der Waals surface area contributed by atoms with E-state index in [-0.39, 0.29) is 57.5 Å². The number of hydrogen-bond donors (Lipinski definition) is 1. The minimum atomic E-state index is -4.09. The molecule has 0 aliphatic heterocycles. The van der Waals surface area contributed by atoms with E-state index in [0.717, 1.165) is 44.9 Å². The zero-order valence-electron chi connectivity index (χ0n) is 12.6. The summed E-state index contributed by atoms with van der Waals surface area (Å²) in [5.41, 5.74) is 0. The quantitative estimate of drug-likeness (QED) is 0.326. The number of hydrogen-bond acceptors (Lipinski definition) is 4. The fourth-order valence-electron chi connectivity index (χ4n) is 1.90. The van der Waals surface area contributed by atoms with Gasteiger partial charge in [0.2, 0.25) is 0 Å². The van der Waals surface area contributed by atoms with Crippen molar-refractivity contribution in [2.75, 3.05) is 0 Å². The Morgan fingerprint density at radius 3 is 1.63 bits per heavy atom.